The second-order valence-electron chi connectivity index (χ2n) is 6.54. The summed E-state index contributed by atoms with van der Waals surface area (Å²) in [4.78, 5) is 13.9. The van der Waals surface area contributed by atoms with E-state index in [2.05, 4.69) is 23.1 Å². The molecule has 24 heavy (non-hydrogen) atoms. The summed E-state index contributed by atoms with van der Waals surface area (Å²) in [5.74, 6) is 0.531. The Balaban J connectivity index is 0.00000169. The van der Waals surface area contributed by atoms with Crippen molar-refractivity contribution in [2.75, 3.05) is 6.54 Å². The van der Waals surface area contributed by atoms with E-state index in [0.29, 0.717) is 12.5 Å². The second-order valence-corrected chi connectivity index (χ2v) is 6.95. The van der Waals surface area contributed by atoms with E-state index in [0.717, 1.165) is 35.9 Å². The minimum Gasteiger partial charge on any atom is -0.503 e. The van der Waals surface area contributed by atoms with Crippen LogP contribution in [0.25, 0.3) is 0 Å². The molecule has 0 saturated heterocycles. The molecule has 128 valence electrons. The molecule has 0 spiro atoms. The highest BCUT2D eigenvalue weighted by molar-refractivity contribution is 6.31. The molecule has 2 aromatic rings. The zero-order chi connectivity index (χ0) is 16.0. The number of fused-ring (bicyclic) bond motifs is 1. The lowest BCUT2D eigenvalue weighted by atomic mass is 10.1. The molecule has 1 N–H and O–H groups in total. The molecule has 4 nitrogen and oxygen atoms in total. The summed E-state index contributed by atoms with van der Waals surface area (Å²) in [6.07, 6.45) is 4.09. The predicted molar refractivity (Wildman–Crippen MR) is 97.2 cm³/mol. The van der Waals surface area contributed by atoms with E-state index in [1.165, 1.54) is 30.7 Å². The van der Waals surface area contributed by atoms with E-state index in [4.69, 9.17) is 11.6 Å². The molecule has 0 unspecified atom stereocenters. The number of hydrogen-bond donors (Lipinski definition) is 1. The van der Waals surface area contributed by atoms with Crippen LogP contribution in [-0.4, -0.2) is 21.1 Å². The summed E-state index contributed by atoms with van der Waals surface area (Å²) >= 11 is 6.45. The third-order valence-corrected chi connectivity index (χ3v) is 5.11. The molecule has 0 atom stereocenters. The van der Waals surface area contributed by atoms with Crippen molar-refractivity contribution < 1.29 is 5.11 Å². The molecule has 2 heterocycles. The molecule has 1 aliphatic heterocycles. The minimum atomic E-state index is -0.315. The first-order valence-electron chi connectivity index (χ1n) is 8.03. The molecule has 0 radical (unpaired) electrons. The summed E-state index contributed by atoms with van der Waals surface area (Å²) in [7, 11) is 0. The fraction of sp³-hybridized carbons (Fsp3) is 0.389. The Hall–Kier alpha value is -1.49. The molecule has 6 heteroatoms. The van der Waals surface area contributed by atoms with Crippen LogP contribution in [-0.2, 0) is 19.6 Å². The van der Waals surface area contributed by atoms with E-state index in [9.17, 15) is 9.90 Å². The van der Waals surface area contributed by atoms with Gasteiger partial charge in [-0.05, 0) is 36.0 Å². The van der Waals surface area contributed by atoms with Crippen molar-refractivity contribution in [2.24, 2.45) is 0 Å². The van der Waals surface area contributed by atoms with Gasteiger partial charge in [0.05, 0.1) is 6.20 Å². The second kappa shape index (κ2) is 6.79. The average molecular weight is 367 g/mol. The largest absolute Gasteiger partial charge is 0.503 e. The molecule has 1 aliphatic carbocycles. The lowest BCUT2D eigenvalue weighted by molar-refractivity contribution is 0.210. The molecule has 1 aromatic carbocycles. The molecule has 1 fully saturated rings. The standard InChI is InChI=1S/C18H19ClN2O2.ClH/c19-16-7-13(12-1-2-12)3-4-14(16)9-20-5-6-21-11-18(23)17(22)8-15(21)10-20;/h3-4,7-8,11-12,23H,1-2,5-6,9-10H2;1H. The number of aromatic nitrogens is 1. The number of halogens is 2. The lowest BCUT2D eigenvalue weighted by Gasteiger charge is -2.30. The van der Waals surface area contributed by atoms with Gasteiger partial charge in [-0.3, -0.25) is 9.69 Å². The first-order chi connectivity index (χ1) is 11.1. The predicted octanol–water partition coefficient (Wildman–Crippen LogP) is 3.52. The molecule has 1 aromatic heterocycles. The van der Waals surface area contributed by atoms with Crippen LogP contribution < -0.4 is 5.43 Å². The SMILES string of the molecule is Cl.O=c1cc2n(cc1O)CCN(Cc1ccc(C3CC3)cc1Cl)C2. The van der Waals surface area contributed by atoms with Gasteiger partial charge in [-0.2, -0.15) is 0 Å². The fourth-order valence-corrected chi connectivity index (χ4v) is 3.49. The number of nitrogens with zero attached hydrogens (tertiary/aromatic N) is 2. The van der Waals surface area contributed by atoms with Gasteiger partial charge in [-0.1, -0.05) is 23.7 Å². The average Bonchev–Trinajstić information content (AvgIpc) is 3.35. The zero-order valence-electron chi connectivity index (χ0n) is 13.2. The highest BCUT2D eigenvalue weighted by Crippen LogP contribution is 2.41. The summed E-state index contributed by atoms with van der Waals surface area (Å²) in [6, 6.07) is 7.96. The van der Waals surface area contributed by atoms with Crippen LogP contribution in [0.5, 0.6) is 5.75 Å². The van der Waals surface area contributed by atoms with E-state index in [1.54, 1.807) is 0 Å². The van der Waals surface area contributed by atoms with Crippen LogP contribution in [0.15, 0.2) is 35.3 Å². The van der Waals surface area contributed by atoms with Crippen molar-refractivity contribution in [1.82, 2.24) is 9.47 Å². The van der Waals surface area contributed by atoms with E-state index >= 15 is 0 Å². The van der Waals surface area contributed by atoms with Crippen LogP contribution in [0.1, 0.15) is 35.6 Å². The van der Waals surface area contributed by atoms with Gasteiger partial charge in [0, 0.05) is 43.0 Å². The molecular formula is C18H20Cl2N2O2. The summed E-state index contributed by atoms with van der Waals surface area (Å²) < 4.78 is 1.95. The van der Waals surface area contributed by atoms with Crippen LogP contribution >= 0.6 is 24.0 Å². The van der Waals surface area contributed by atoms with Crippen molar-refractivity contribution in [3.05, 3.63) is 62.5 Å². The molecular weight excluding hydrogens is 347 g/mol. The van der Waals surface area contributed by atoms with Crippen LogP contribution in [0.4, 0.5) is 0 Å². The minimum absolute atomic E-state index is 0. The Morgan fingerprint density at radius 3 is 2.71 bits per heavy atom. The van der Waals surface area contributed by atoms with Crippen molar-refractivity contribution in [3.63, 3.8) is 0 Å². The topological polar surface area (TPSA) is 45.5 Å². The van der Waals surface area contributed by atoms with E-state index in [-0.39, 0.29) is 23.6 Å². The smallest absolute Gasteiger partial charge is 0.223 e. The van der Waals surface area contributed by atoms with Gasteiger partial charge in [0.1, 0.15) is 0 Å². The molecule has 0 amide bonds. The summed E-state index contributed by atoms with van der Waals surface area (Å²) in [5, 5.41) is 10.4. The molecule has 2 aliphatic rings. The van der Waals surface area contributed by atoms with Crippen LogP contribution in [0.2, 0.25) is 5.02 Å². The zero-order valence-corrected chi connectivity index (χ0v) is 14.8. The number of pyridine rings is 1. The third-order valence-electron chi connectivity index (χ3n) is 4.76. The normalized spacial score (nSPS) is 17.2. The van der Waals surface area contributed by atoms with Gasteiger partial charge >= 0.3 is 0 Å². The third kappa shape index (κ3) is 3.46. The Morgan fingerprint density at radius 1 is 1.21 bits per heavy atom. The Bertz CT molecular complexity index is 815. The monoisotopic (exact) mass is 366 g/mol. The first-order valence-corrected chi connectivity index (χ1v) is 8.41. The number of hydrogen-bond acceptors (Lipinski definition) is 3. The van der Waals surface area contributed by atoms with Crippen LogP contribution in [0.3, 0.4) is 0 Å². The van der Waals surface area contributed by atoms with Gasteiger partial charge in [0.15, 0.2) is 5.75 Å². The molecule has 0 bridgehead atoms. The number of rotatable bonds is 3. The molecule has 4 rings (SSSR count). The first kappa shape index (κ1) is 17.3. The fourth-order valence-electron chi connectivity index (χ4n) is 3.24. The highest BCUT2D eigenvalue weighted by Gasteiger charge is 2.24. The summed E-state index contributed by atoms with van der Waals surface area (Å²) in [6.45, 7) is 3.10. The van der Waals surface area contributed by atoms with Gasteiger partial charge < -0.3 is 9.67 Å². The van der Waals surface area contributed by atoms with Crippen molar-refractivity contribution in [1.29, 1.82) is 0 Å². The maximum absolute atomic E-state index is 11.6. The van der Waals surface area contributed by atoms with Crippen molar-refractivity contribution in [3.8, 4) is 5.75 Å². The number of benzene rings is 1. The van der Waals surface area contributed by atoms with Gasteiger partial charge in [0.25, 0.3) is 0 Å². The van der Waals surface area contributed by atoms with Crippen LogP contribution in [0, 0.1) is 0 Å². The maximum Gasteiger partial charge on any atom is 0.223 e. The van der Waals surface area contributed by atoms with Gasteiger partial charge in [-0.15, -0.1) is 12.4 Å². The summed E-state index contributed by atoms with van der Waals surface area (Å²) in [5.41, 5.74) is 3.10. The molecule has 1 saturated carbocycles. The van der Waals surface area contributed by atoms with E-state index in [1.807, 2.05) is 4.57 Å². The van der Waals surface area contributed by atoms with Crippen molar-refractivity contribution >= 4 is 24.0 Å². The highest BCUT2D eigenvalue weighted by atomic mass is 35.5. The maximum atomic E-state index is 11.6. The van der Waals surface area contributed by atoms with Crippen molar-refractivity contribution in [2.45, 2.75) is 38.4 Å². The van der Waals surface area contributed by atoms with E-state index < -0.39 is 0 Å². The lowest BCUT2D eigenvalue weighted by Crippen LogP contribution is -2.34. The Kier molecular flexibility index (Phi) is 4.90. The van der Waals surface area contributed by atoms with Gasteiger partial charge in [0.2, 0.25) is 5.43 Å². The Morgan fingerprint density at radius 2 is 2.00 bits per heavy atom. The van der Waals surface area contributed by atoms with Gasteiger partial charge in [-0.25, -0.2) is 0 Å². The Labute approximate surface area is 152 Å². The number of aromatic hydroxyl groups is 1. The quantitative estimate of drug-likeness (QED) is 0.903.